The van der Waals surface area contributed by atoms with E-state index in [4.69, 9.17) is 5.73 Å². The quantitative estimate of drug-likeness (QED) is 0.643. The van der Waals surface area contributed by atoms with E-state index >= 15 is 0 Å². The average Bonchev–Trinajstić information content (AvgIpc) is 2.56. The Hall–Kier alpha value is -0.570. The van der Waals surface area contributed by atoms with E-state index in [1.54, 1.807) is 6.92 Å². The summed E-state index contributed by atoms with van der Waals surface area (Å²) in [6, 6.07) is 0. The van der Waals surface area contributed by atoms with Gasteiger partial charge in [0.2, 0.25) is 0 Å². The minimum absolute atomic E-state index is 0.442. The van der Waals surface area contributed by atoms with Gasteiger partial charge in [0.05, 0.1) is 5.92 Å². The zero-order valence-corrected chi connectivity index (χ0v) is 16.0. The summed E-state index contributed by atoms with van der Waals surface area (Å²) >= 11 is 0. The molecule has 0 spiro atoms. The highest BCUT2D eigenvalue weighted by Gasteiger charge is 2.35. The predicted molar refractivity (Wildman–Crippen MR) is 102 cm³/mol. The van der Waals surface area contributed by atoms with Gasteiger partial charge in [-0.3, -0.25) is 4.79 Å². The van der Waals surface area contributed by atoms with Crippen molar-refractivity contribution in [1.82, 2.24) is 0 Å². The zero-order chi connectivity index (χ0) is 17.7. The number of hydrogen-bond donors (Lipinski definition) is 2. The molecule has 1 fully saturated rings. The summed E-state index contributed by atoms with van der Waals surface area (Å²) in [5, 5.41) is 9.42. The van der Waals surface area contributed by atoms with E-state index in [2.05, 4.69) is 0 Å². The molecule has 0 heterocycles. The molecule has 0 aliphatic heterocycles. The number of nitrogens with two attached hydrogens (primary N) is 1. The Kier molecular flexibility index (Phi) is 11.4. The molecular formula is C21H41NO2. The molecule has 1 atom stereocenters. The first-order chi connectivity index (χ1) is 11.6. The molecule has 24 heavy (non-hydrogen) atoms. The molecule has 142 valence electrons. The van der Waals surface area contributed by atoms with Crippen molar-refractivity contribution in [1.29, 1.82) is 0 Å². The Labute approximate surface area is 149 Å². The van der Waals surface area contributed by atoms with Crippen molar-refractivity contribution in [3.63, 3.8) is 0 Å². The van der Waals surface area contributed by atoms with E-state index in [1.807, 2.05) is 0 Å². The lowest BCUT2D eigenvalue weighted by atomic mass is 9.77. The van der Waals surface area contributed by atoms with Crippen LogP contribution in [0, 0.1) is 5.92 Å². The first-order valence-corrected chi connectivity index (χ1v) is 10.6. The maximum absolute atomic E-state index is 11.5. The van der Waals surface area contributed by atoms with Crippen molar-refractivity contribution in [3.05, 3.63) is 0 Å². The van der Waals surface area contributed by atoms with Gasteiger partial charge in [0.25, 0.3) is 0 Å². The van der Waals surface area contributed by atoms with Gasteiger partial charge in [-0.15, -0.1) is 0 Å². The molecule has 3 N–H and O–H groups in total. The monoisotopic (exact) mass is 339 g/mol. The molecule has 3 nitrogen and oxygen atoms in total. The lowest BCUT2D eigenvalue weighted by Crippen LogP contribution is -2.49. The standard InChI is InChI=1S/C21H41NO2/c1-19(20(23)24)21(22)17-15-13-11-9-7-5-3-2-4-6-8-10-12-14-16-18-21/h19H,2-18,22H2,1H3,(H,23,24)/t19-/m0/s1. The Morgan fingerprint density at radius 1 is 0.708 bits per heavy atom. The van der Waals surface area contributed by atoms with Crippen molar-refractivity contribution in [2.24, 2.45) is 11.7 Å². The highest BCUT2D eigenvalue weighted by Crippen LogP contribution is 2.29. The molecule has 1 aliphatic rings. The van der Waals surface area contributed by atoms with Crippen LogP contribution in [0.25, 0.3) is 0 Å². The van der Waals surface area contributed by atoms with E-state index in [1.165, 1.54) is 83.5 Å². The average molecular weight is 340 g/mol. The van der Waals surface area contributed by atoms with E-state index in [-0.39, 0.29) is 0 Å². The SMILES string of the molecule is C[C@@H](C(=O)O)C1(N)CCCCCCCCCCCCCCCCC1. The molecule has 0 bridgehead atoms. The molecule has 0 unspecified atom stereocenters. The second-order valence-electron chi connectivity index (χ2n) is 8.10. The molecule has 0 aromatic carbocycles. The van der Waals surface area contributed by atoms with Gasteiger partial charge in [-0.1, -0.05) is 103 Å². The summed E-state index contributed by atoms with van der Waals surface area (Å²) in [6.45, 7) is 1.80. The predicted octanol–water partition coefficient (Wildman–Crippen LogP) is 6.05. The van der Waals surface area contributed by atoms with Crippen LogP contribution >= 0.6 is 0 Å². The van der Waals surface area contributed by atoms with Crippen LogP contribution in [0.5, 0.6) is 0 Å². The summed E-state index contributed by atoms with van der Waals surface area (Å²) in [5.74, 6) is -1.18. The van der Waals surface area contributed by atoms with Gasteiger partial charge >= 0.3 is 5.97 Å². The fourth-order valence-electron chi connectivity index (χ4n) is 4.01. The van der Waals surface area contributed by atoms with Crippen molar-refractivity contribution < 1.29 is 9.90 Å². The van der Waals surface area contributed by atoms with Gasteiger partial charge in [0.1, 0.15) is 0 Å². The maximum atomic E-state index is 11.5. The molecule has 0 amide bonds. The Bertz CT molecular complexity index is 312. The fourth-order valence-corrected chi connectivity index (χ4v) is 4.01. The van der Waals surface area contributed by atoms with E-state index in [0.717, 1.165) is 25.7 Å². The molecule has 0 radical (unpaired) electrons. The van der Waals surface area contributed by atoms with E-state index in [9.17, 15) is 9.90 Å². The number of rotatable bonds is 2. The minimum Gasteiger partial charge on any atom is -0.481 e. The normalized spacial score (nSPS) is 24.4. The second kappa shape index (κ2) is 12.7. The number of aliphatic carboxylic acids is 1. The molecule has 3 heteroatoms. The van der Waals surface area contributed by atoms with Gasteiger partial charge in [-0.05, 0) is 12.8 Å². The van der Waals surface area contributed by atoms with Crippen molar-refractivity contribution in [3.8, 4) is 0 Å². The third-order valence-electron chi connectivity index (χ3n) is 6.02. The second-order valence-corrected chi connectivity index (χ2v) is 8.10. The molecule has 0 aromatic heterocycles. The molecule has 0 saturated heterocycles. The Morgan fingerprint density at radius 3 is 1.21 bits per heavy atom. The van der Waals surface area contributed by atoms with Crippen LogP contribution in [0.4, 0.5) is 0 Å². The topological polar surface area (TPSA) is 63.3 Å². The number of carboxylic acids is 1. The van der Waals surface area contributed by atoms with Gasteiger partial charge in [0.15, 0.2) is 0 Å². The smallest absolute Gasteiger partial charge is 0.308 e. The summed E-state index contributed by atoms with van der Waals surface area (Å²) in [4.78, 5) is 11.5. The van der Waals surface area contributed by atoms with E-state index in [0.29, 0.717) is 0 Å². The number of hydrogen-bond acceptors (Lipinski definition) is 2. The summed E-state index contributed by atoms with van der Waals surface area (Å²) in [7, 11) is 0. The van der Waals surface area contributed by atoms with Crippen molar-refractivity contribution in [2.75, 3.05) is 0 Å². The molecule has 1 rings (SSSR count). The van der Waals surface area contributed by atoms with Crippen LogP contribution in [0.15, 0.2) is 0 Å². The summed E-state index contributed by atoms with van der Waals surface area (Å²) in [5.41, 5.74) is 6.06. The van der Waals surface area contributed by atoms with Crippen LogP contribution in [0.3, 0.4) is 0 Å². The van der Waals surface area contributed by atoms with Gasteiger partial charge in [-0.2, -0.15) is 0 Å². The zero-order valence-electron chi connectivity index (χ0n) is 16.0. The molecule has 1 saturated carbocycles. The first-order valence-electron chi connectivity index (χ1n) is 10.6. The third kappa shape index (κ3) is 9.05. The first kappa shape index (κ1) is 21.5. The molecule has 1 aliphatic carbocycles. The van der Waals surface area contributed by atoms with Crippen LogP contribution in [0.1, 0.15) is 116 Å². The third-order valence-corrected chi connectivity index (χ3v) is 6.02. The van der Waals surface area contributed by atoms with Gasteiger partial charge in [0, 0.05) is 5.54 Å². The summed E-state index contributed by atoms with van der Waals surface area (Å²) < 4.78 is 0. The van der Waals surface area contributed by atoms with Crippen LogP contribution in [0.2, 0.25) is 0 Å². The van der Waals surface area contributed by atoms with Gasteiger partial charge < -0.3 is 10.8 Å². The molecule has 0 aromatic rings. The summed E-state index contributed by atoms with van der Waals surface area (Å²) in [6.07, 6.45) is 21.2. The Morgan fingerprint density at radius 2 is 0.958 bits per heavy atom. The fraction of sp³-hybridized carbons (Fsp3) is 0.952. The maximum Gasteiger partial charge on any atom is 0.308 e. The molecular weight excluding hydrogens is 298 g/mol. The van der Waals surface area contributed by atoms with Crippen molar-refractivity contribution >= 4 is 5.97 Å². The minimum atomic E-state index is -0.736. The van der Waals surface area contributed by atoms with Crippen LogP contribution < -0.4 is 5.73 Å². The highest BCUT2D eigenvalue weighted by molar-refractivity contribution is 5.71. The lowest BCUT2D eigenvalue weighted by Gasteiger charge is -2.33. The van der Waals surface area contributed by atoms with Crippen LogP contribution in [-0.4, -0.2) is 16.6 Å². The number of carboxylic acid groups (broad SMARTS) is 1. The Balaban J connectivity index is 2.47. The van der Waals surface area contributed by atoms with E-state index < -0.39 is 17.4 Å². The largest absolute Gasteiger partial charge is 0.481 e. The van der Waals surface area contributed by atoms with Crippen LogP contribution in [-0.2, 0) is 4.79 Å². The van der Waals surface area contributed by atoms with Crippen molar-refractivity contribution in [2.45, 2.75) is 122 Å². The highest BCUT2D eigenvalue weighted by atomic mass is 16.4. The lowest BCUT2D eigenvalue weighted by molar-refractivity contribution is -0.143. The van der Waals surface area contributed by atoms with Gasteiger partial charge in [-0.25, -0.2) is 0 Å². The number of carbonyl (C=O) groups is 1.